The largest absolute Gasteiger partial charge is 0.359 e. The van der Waals surface area contributed by atoms with Gasteiger partial charge in [-0.3, -0.25) is 0 Å². The lowest BCUT2D eigenvalue weighted by molar-refractivity contribution is 0.660. The van der Waals surface area contributed by atoms with E-state index in [2.05, 4.69) is 99.7 Å². The van der Waals surface area contributed by atoms with Gasteiger partial charge in [0.25, 0.3) is 14.8 Å². The lowest BCUT2D eigenvalue weighted by atomic mass is 9.86. The predicted molar refractivity (Wildman–Crippen MR) is 88.1 cm³/mol. The minimum Gasteiger partial charge on any atom is -0.359 e. The fourth-order valence-electron chi connectivity index (χ4n) is 2.20. The van der Waals surface area contributed by atoms with Gasteiger partial charge in [-0.25, -0.2) is 0 Å². The zero-order chi connectivity index (χ0) is 14.5. The van der Waals surface area contributed by atoms with E-state index in [1.165, 1.54) is 16.8 Å². The Morgan fingerprint density at radius 2 is 1.30 bits per heavy atom. The van der Waals surface area contributed by atoms with E-state index in [4.69, 9.17) is 0 Å². The third-order valence-corrected chi connectivity index (χ3v) is 3.01. The normalized spacial score (nSPS) is 11.1. The maximum absolute atomic E-state index is 2.33. The van der Waals surface area contributed by atoms with Crippen LogP contribution in [0.25, 0.3) is 0 Å². The van der Waals surface area contributed by atoms with Crippen LogP contribution in [-0.2, 0) is 6.54 Å². The molecule has 1 heterocycles. The molecule has 0 aliphatic heterocycles. The Kier molecular flexibility index (Phi) is 5.10. The van der Waals surface area contributed by atoms with Crippen molar-refractivity contribution in [1.29, 1.82) is 0 Å². The maximum atomic E-state index is 2.33. The molecule has 1 aromatic heterocycles. The summed E-state index contributed by atoms with van der Waals surface area (Å²) in [6.07, 6.45) is 0. The monoisotopic (exact) mass is 265 g/mol. The van der Waals surface area contributed by atoms with Crippen molar-refractivity contribution in [3.8, 4) is 0 Å². The van der Waals surface area contributed by atoms with Crippen molar-refractivity contribution < 1.29 is 0 Å². The molecule has 0 aliphatic carbocycles. The van der Waals surface area contributed by atoms with Gasteiger partial charge in [-0.1, -0.05) is 42.5 Å². The van der Waals surface area contributed by atoms with Gasteiger partial charge >= 0.3 is 0 Å². The van der Waals surface area contributed by atoms with Gasteiger partial charge in [-0.05, 0) is 44.9 Å². The quantitative estimate of drug-likeness (QED) is 0.689. The molecular weight excluding hydrogens is 244 g/mol. The molecule has 0 aliphatic rings. The molecule has 0 N–H and O–H groups in total. The van der Waals surface area contributed by atoms with E-state index >= 15 is 0 Å². The smallest absolute Gasteiger partial charge is 0.269 e. The number of rotatable bonds is 6. The molecule has 2 aromatic rings. The molecular formula is C15H21B2N3. The van der Waals surface area contributed by atoms with Gasteiger partial charge < -0.3 is 14.2 Å². The van der Waals surface area contributed by atoms with Gasteiger partial charge in [-0.2, -0.15) is 0 Å². The Morgan fingerprint density at radius 1 is 0.800 bits per heavy atom. The summed E-state index contributed by atoms with van der Waals surface area (Å²) >= 11 is 0. The first kappa shape index (κ1) is 14.9. The lowest BCUT2D eigenvalue weighted by Crippen LogP contribution is -2.42. The molecule has 0 fully saturated rings. The van der Waals surface area contributed by atoms with Crippen LogP contribution in [0.1, 0.15) is 5.56 Å². The molecule has 102 valence electrons. The van der Waals surface area contributed by atoms with Crippen molar-refractivity contribution in [2.75, 3.05) is 28.2 Å². The molecule has 3 nitrogen and oxygen atoms in total. The fraction of sp³-hybridized carbons (Fsp3) is 0.333. The van der Waals surface area contributed by atoms with Gasteiger partial charge in [0.05, 0.1) is 0 Å². The molecule has 0 spiro atoms. The number of benzene rings is 1. The molecule has 0 unspecified atom stereocenters. The first-order chi connectivity index (χ1) is 9.56. The number of aromatic nitrogens is 1. The first-order valence-electron chi connectivity index (χ1n) is 6.82. The summed E-state index contributed by atoms with van der Waals surface area (Å²) in [5.41, 5.74) is 3.74. The molecule has 0 saturated heterocycles. The molecule has 2 rings (SSSR count). The zero-order valence-electron chi connectivity index (χ0n) is 12.7. The average molecular weight is 265 g/mol. The number of hydrogen-bond donors (Lipinski definition) is 0. The van der Waals surface area contributed by atoms with Crippen LogP contribution in [-0.4, -0.2) is 57.2 Å². The topological polar surface area (TPSA) is 11.4 Å². The highest BCUT2D eigenvalue weighted by Gasteiger charge is 2.12. The molecule has 0 saturated carbocycles. The highest BCUT2D eigenvalue weighted by Crippen LogP contribution is 2.01. The Bertz CT molecular complexity index is 508. The highest BCUT2D eigenvalue weighted by molar-refractivity contribution is 6.53. The maximum Gasteiger partial charge on any atom is 0.269 e. The molecule has 20 heavy (non-hydrogen) atoms. The summed E-state index contributed by atoms with van der Waals surface area (Å²) < 4.78 is 2.33. The van der Waals surface area contributed by atoms with Crippen LogP contribution < -0.4 is 11.2 Å². The Labute approximate surface area is 123 Å². The Balaban J connectivity index is 2.28. The molecule has 5 heteroatoms. The average Bonchev–Trinajstić information content (AvgIpc) is 2.72. The Hall–Kier alpha value is -1.45. The van der Waals surface area contributed by atoms with Crippen LogP contribution in [0.2, 0.25) is 0 Å². The van der Waals surface area contributed by atoms with Crippen LogP contribution in [0.4, 0.5) is 0 Å². The minimum atomic E-state index is 0.882. The number of nitrogens with zero attached hydrogens (tertiary/aromatic N) is 3. The third-order valence-electron chi connectivity index (χ3n) is 3.01. The van der Waals surface area contributed by atoms with E-state index < -0.39 is 0 Å². The second-order valence-electron chi connectivity index (χ2n) is 5.44. The van der Waals surface area contributed by atoms with Crippen LogP contribution in [0.5, 0.6) is 0 Å². The van der Waals surface area contributed by atoms with Gasteiger partial charge in [0.1, 0.15) is 0 Å². The van der Waals surface area contributed by atoms with Crippen molar-refractivity contribution in [1.82, 2.24) is 14.2 Å². The zero-order valence-corrected chi connectivity index (χ0v) is 12.7. The highest BCUT2D eigenvalue weighted by atomic mass is 15.0. The van der Waals surface area contributed by atoms with Crippen LogP contribution in [0, 0.1) is 0 Å². The third kappa shape index (κ3) is 4.02. The van der Waals surface area contributed by atoms with Crippen molar-refractivity contribution in [2.24, 2.45) is 0 Å². The standard InChI is InChI=1S/C15H21B2N3/c1-18(2)16-14-10-11-15(17-19(3)4)20(14)12-13-8-6-5-7-9-13/h5-11H,12H2,1-4H3. The van der Waals surface area contributed by atoms with Gasteiger partial charge in [0, 0.05) is 6.54 Å². The molecule has 0 atom stereocenters. The molecule has 0 bridgehead atoms. The van der Waals surface area contributed by atoms with E-state index in [1.54, 1.807) is 0 Å². The second kappa shape index (κ2) is 6.82. The SMILES string of the molecule is CN(C)[B]c1ccc([B]N(C)C)n1Cc1ccccc1. The summed E-state index contributed by atoms with van der Waals surface area (Å²) in [5.74, 6) is 0. The lowest BCUT2D eigenvalue weighted by Gasteiger charge is -2.17. The molecule has 2 radical (unpaired) electrons. The van der Waals surface area contributed by atoms with Crippen LogP contribution in [0.3, 0.4) is 0 Å². The molecule has 1 aromatic carbocycles. The summed E-state index contributed by atoms with van der Waals surface area (Å²) in [7, 11) is 12.5. The van der Waals surface area contributed by atoms with E-state index in [0.717, 1.165) is 6.54 Å². The van der Waals surface area contributed by atoms with Gasteiger partial charge in [0.2, 0.25) is 0 Å². The van der Waals surface area contributed by atoms with Gasteiger partial charge in [0.15, 0.2) is 0 Å². The van der Waals surface area contributed by atoms with Crippen molar-refractivity contribution in [3.63, 3.8) is 0 Å². The summed E-state index contributed by atoms with van der Waals surface area (Å²) in [6, 6.07) is 14.9. The van der Waals surface area contributed by atoms with Crippen molar-refractivity contribution >= 4 is 26.0 Å². The van der Waals surface area contributed by atoms with Crippen LogP contribution >= 0.6 is 0 Å². The first-order valence-corrected chi connectivity index (χ1v) is 6.82. The Morgan fingerprint density at radius 3 is 1.75 bits per heavy atom. The van der Waals surface area contributed by atoms with Gasteiger partial charge in [-0.15, -0.1) is 0 Å². The van der Waals surface area contributed by atoms with E-state index in [9.17, 15) is 0 Å². The summed E-state index contributed by atoms with van der Waals surface area (Å²) in [5, 5.41) is 0. The molecule has 0 amide bonds. The minimum absolute atomic E-state index is 0.882. The summed E-state index contributed by atoms with van der Waals surface area (Å²) in [6.45, 7) is 0.882. The number of hydrogen-bond acceptors (Lipinski definition) is 2. The van der Waals surface area contributed by atoms with Crippen molar-refractivity contribution in [2.45, 2.75) is 6.54 Å². The summed E-state index contributed by atoms with van der Waals surface area (Å²) in [4.78, 5) is 4.16. The predicted octanol–water partition coefficient (Wildman–Crippen LogP) is 0.149. The fourth-order valence-corrected chi connectivity index (χ4v) is 2.20. The van der Waals surface area contributed by atoms with E-state index in [-0.39, 0.29) is 0 Å². The van der Waals surface area contributed by atoms with Crippen LogP contribution in [0.15, 0.2) is 42.5 Å². The van der Waals surface area contributed by atoms with E-state index in [1.807, 2.05) is 0 Å². The van der Waals surface area contributed by atoms with E-state index in [0.29, 0.717) is 0 Å². The van der Waals surface area contributed by atoms with Crippen molar-refractivity contribution in [3.05, 3.63) is 48.0 Å². The second-order valence-corrected chi connectivity index (χ2v) is 5.44.